The molecule has 3 aromatic rings. The van der Waals surface area contributed by atoms with E-state index in [0.29, 0.717) is 31.2 Å². The Balaban J connectivity index is 1.45. The van der Waals surface area contributed by atoms with Gasteiger partial charge in [0.1, 0.15) is 17.4 Å². The number of carbonyl (C=O) groups is 1. The molecule has 172 valence electrons. The van der Waals surface area contributed by atoms with Crippen LogP contribution in [0.25, 0.3) is 5.69 Å². The molecule has 1 amide bonds. The molecule has 0 aliphatic carbocycles. The van der Waals surface area contributed by atoms with Crippen LogP contribution in [0.3, 0.4) is 0 Å². The number of benzene rings is 2. The zero-order chi connectivity index (χ0) is 23.2. The summed E-state index contributed by atoms with van der Waals surface area (Å²) in [5.74, 6) is 0.693. The lowest BCUT2D eigenvalue weighted by molar-refractivity contribution is -0.125. The van der Waals surface area contributed by atoms with Crippen molar-refractivity contribution in [1.29, 1.82) is 0 Å². The summed E-state index contributed by atoms with van der Waals surface area (Å²) in [6.45, 7) is 4.11. The van der Waals surface area contributed by atoms with Crippen LogP contribution in [-0.2, 0) is 11.3 Å². The van der Waals surface area contributed by atoms with Gasteiger partial charge >= 0.3 is 0 Å². The Morgan fingerprint density at radius 1 is 1.18 bits per heavy atom. The minimum atomic E-state index is -0.438. The number of piperidine rings is 1. The molecule has 0 radical (unpaired) electrons. The normalized spacial score (nSPS) is 15.8. The standard InChI is InChI=1S/C25H27FN4O3/c1-2-33-22-11-4-3-7-18(22)16-27-25(32)19-8-6-14-29(17-19)23-12-13-24(31)30(28-23)21-10-5-9-20(26)15-21/h3-5,7,9-13,15,19H,2,6,8,14,16-17H2,1H3,(H,27,32)/t19-/m1/s1. The molecule has 8 heteroatoms. The molecule has 1 saturated heterocycles. The average Bonchev–Trinajstić information content (AvgIpc) is 2.84. The van der Waals surface area contributed by atoms with Crippen molar-refractivity contribution < 1.29 is 13.9 Å². The number of ether oxygens (including phenoxy) is 1. The predicted octanol–water partition coefficient (Wildman–Crippen LogP) is 3.30. The largest absolute Gasteiger partial charge is 0.494 e. The lowest BCUT2D eigenvalue weighted by atomic mass is 9.97. The van der Waals surface area contributed by atoms with Gasteiger partial charge in [-0.15, -0.1) is 5.10 Å². The van der Waals surface area contributed by atoms with Crippen LogP contribution in [0.1, 0.15) is 25.3 Å². The molecule has 1 atom stereocenters. The summed E-state index contributed by atoms with van der Waals surface area (Å²) in [6.07, 6.45) is 1.60. The molecule has 1 aliphatic heterocycles. The number of rotatable bonds is 7. The molecule has 7 nitrogen and oxygen atoms in total. The number of para-hydroxylation sites is 1. The highest BCUT2D eigenvalue weighted by molar-refractivity contribution is 5.79. The molecule has 0 bridgehead atoms. The van der Waals surface area contributed by atoms with Crippen LogP contribution >= 0.6 is 0 Å². The number of halogens is 1. The molecule has 1 fully saturated rings. The monoisotopic (exact) mass is 450 g/mol. The minimum Gasteiger partial charge on any atom is -0.494 e. The quantitative estimate of drug-likeness (QED) is 0.598. The van der Waals surface area contributed by atoms with E-state index in [1.165, 1.54) is 28.9 Å². The Hall–Kier alpha value is -3.68. The molecule has 0 spiro atoms. The Labute approximate surface area is 191 Å². The molecular formula is C25H27FN4O3. The molecule has 1 N–H and O–H groups in total. The number of anilines is 1. The number of aromatic nitrogens is 2. The van der Waals surface area contributed by atoms with Crippen LogP contribution in [-0.4, -0.2) is 35.4 Å². The van der Waals surface area contributed by atoms with Gasteiger partial charge < -0.3 is 15.0 Å². The second-order valence-electron chi connectivity index (χ2n) is 7.97. The van der Waals surface area contributed by atoms with Crippen molar-refractivity contribution in [3.05, 3.63) is 82.4 Å². The van der Waals surface area contributed by atoms with E-state index >= 15 is 0 Å². The van der Waals surface area contributed by atoms with E-state index in [-0.39, 0.29) is 17.4 Å². The molecule has 1 aromatic heterocycles. The van der Waals surface area contributed by atoms with E-state index in [1.807, 2.05) is 36.1 Å². The minimum absolute atomic E-state index is 0.0237. The van der Waals surface area contributed by atoms with Crippen molar-refractivity contribution in [3.63, 3.8) is 0 Å². The van der Waals surface area contributed by atoms with Gasteiger partial charge in [-0.3, -0.25) is 9.59 Å². The maximum Gasteiger partial charge on any atom is 0.271 e. The summed E-state index contributed by atoms with van der Waals surface area (Å²) in [7, 11) is 0. The topological polar surface area (TPSA) is 76.5 Å². The lowest BCUT2D eigenvalue weighted by Gasteiger charge is -2.33. The number of nitrogens with zero attached hydrogens (tertiary/aromatic N) is 3. The van der Waals surface area contributed by atoms with E-state index in [1.54, 1.807) is 12.1 Å². The van der Waals surface area contributed by atoms with Gasteiger partial charge in [0, 0.05) is 31.3 Å². The van der Waals surface area contributed by atoms with Gasteiger partial charge in [-0.2, -0.15) is 4.68 Å². The van der Waals surface area contributed by atoms with E-state index in [9.17, 15) is 14.0 Å². The Kier molecular flexibility index (Phi) is 7.02. The SMILES string of the molecule is CCOc1ccccc1CNC(=O)[C@@H]1CCCN(c2ccc(=O)n(-c3cccc(F)c3)n2)C1. The van der Waals surface area contributed by atoms with Crippen LogP contribution in [0, 0.1) is 11.7 Å². The Bertz CT molecular complexity index is 1180. The Morgan fingerprint density at radius 2 is 2.03 bits per heavy atom. The highest BCUT2D eigenvalue weighted by Crippen LogP contribution is 2.23. The fourth-order valence-corrected chi connectivity index (χ4v) is 4.04. The van der Waals surface area contributed by atoms with Crippen LogP contribution in [0.4, 0.5) is 10.2 Å². The summed E-state index contributed by atoms with van der Waals surface area (Å²) in [6, 6.07) is 16.5. The van der Waals surface area contributed by atoms with Gasteiger partial charge in [-0.05, 0) is 50.1 Å². The van der Waals surface area contributed by atoms with Gasteiger partial charge in [0.2, 0.25) is 5.91 Å². The number of hydrogen-bond donors (Lipinski definition) is 1. The maximum atomic E-state index is 13.6. The summed E-state index contributed by atoms with van der Waals surface area (Å²) in [5, 5.41) is 7.47. The Morgan fingerprint density at radius 3 is 2.85 bits per heavy atom. The zero-order valence-corrected chi connectivity index (χ0v) is 18.5. The van der Waals surface area contributed by atoms with Gasteiger partial charge in [0.05, 0.1) is 18.2 Å². The number of carbonyl (C=O) groups excluding carboxylic acids is 1. The number of hydrogen-bond acceptors (Lipinski definition) is 5. The van der Waals surface area contributed by atoms with E-state index in [0.717, 1.165) is 30.7 Å². The van der Waals surface area contributed by atoms with Crippen LogP contribution < -0.4 is 20.5 Å². The summed E-state index contributed by atoms with van der Waals surface area (Å²) >= 11 is 0. The summed E-state index contributed by atoms with van der Waals surface area (Å²) in [4.78, 5) is 27.2. The number of nitrogens with one attached hydrogen (secondary N) is 1. The highest BCUT2D eigenvalue weighted by Gasteiger charge is 2.27. The molecule has 0 saturated carbocycles. The molecule has 33 heavy (non-hydrogen) atoms. The lowest BCUT2D eigenvalue weighted by Crippen LogP contribution is -2.43. The number of amides is 1. The first kappa shape index (κ1) is 22.5. The molecule has 0 unspecified atom stereocenters. The molecule has 1 aliphatic rings. The van der Waals surface area contributed by atoms with E-state index < -0.39 is 5.82 Å². The first-order valence-corrected chi connectivity index (χ1v) is 11.1. The first-order valence-electron chi connectivity index (χ1n) is 11.1. The third-order valence-corrected chi connectivity index (χ3v) is 5.68. The third kappa shape index (κ3) is 5.39. The van der Waals surface area contributed by atoms with E-state index in [2.05, 4.69) is 10.4 Å². The van der Waals surface area contributed by atoms with Crippen molar-refractivity contribution in [1.82, 2.24) is 15.1 Å². The molecular weight excluding hydrogens is 423 g/mol. The van der Waals surface area contributed by atoms with Gasteiger partial charge in [-0.1, -0.05) is 24.3 Å². The van der Waals surface area contributed by atoms with Crippen molar-refractivity contribution in [2.24, 2.45) is 5.92 Å². The van der Waals surface area contributed by atoms with Crippen molar-refractivity contribution in [2.75, 3.05) is 24.6 Å². The van der Waals surface area contributed by atoms with E-state index in [4.69, 9.17) is 4.74 Å². The van der Waals surface area contributed by atoms with Crippen LogP contribution in [0.2, 0.25) is 0 Å². The molecule has 4 rings (SSSR count). The summed E-state index contributed by atoms with van der Waals surface area (Å²) in [5.41, 5.74) is 0.953. The smallest absolute Gasteiger partial charge is 0.271 e. The molecule has 2 aromatic carbocycles. The van der Waals surface area contributed by atoms with Gasteiger partial charge in [0.15, 0.2) is 0 Å². The second-order valence-corrected chi connectivity index (χ2v) is 7.97. The fraction of sp³-hybridized carbons (Fsp3) is 0.320. The van der Waals surface area contributed by atoms with Crippen molar-refractivity contribution in [3.8, 4) is 11.4 Å². The summed E-state index contributed by atoms with van der Waals surface area (Å²) < 4.78 is 20.5. The van der Waals surface area contributed by atoms with Crippen molar-refractivity contribution in [2.45, 2.75) is 26.3 Å². The third-order valence-electron chi connectivity index (χ3n) is 5.68. The zero-order valence-electron chi connectivity index (χ0n) is 18.5. The van der Waals surface area contributed by atoms with Crippen LogP contribution in [0.15, 0.2) is 65.5 Å². The molecule has 2 heterocycles. The van der Waals surface area contributed by atoms with Gasteiger partial charge in [-0.25, -0.2) is 4.39 Å². The highest BCUT2D eigenvalue weighted by atomic mass is 19.1. The predicted molar refractivity (Wildman–Crippen MR) is 124 cm³/mol. The maximum absolute atomic E-state index is 13.6. The second kappa shape index (κ2) is 10.3. The van der Waals surface area contributed by atoms with Crippen molar-refractivity contribution >= 4 is 11.7 Å². The fourth-order valence-electron chi connectivity index (χ4n) is 4.04. The van der Waals surface area contributed by atoms with Gasteiger partial charge in [0.25, 0.3) is 5.56 Å². The first-order chi connectivity index (χ1) is 16.0. The average molecular weight is 451 g/mol. The van der Waals surface area contributed by atoms with Crippen LogP contribution in [0.5, 0.6) is 5.75 Å².